The van der Waals surface area contributed by atoms with Crippen LogP contribution in [0.15, 0.2) is 47.5 Å². The minimum atomic E-state index is 0.0866. The largest absolute Gasteiger partial charge is 0.0847 e. The molecule has 0 fully saturated rings. The Kier molecular flexibility index (Phi) is 3.44. The SMILES string of the molecule is CC(C)c1cccc([C@@]2(C)C=CC(Cl)=CC2)c1. The Hall–Kier alpha value is -1.01. The molecule has 0 bridgehead atoms. The van der Waals surface area contributed by atoms with Crippen LogP contribution in [-0.4, -0.2) is 0 Å². The summed E-state index contributed by atoms with van der Waals surface area (Å²) in [6.07, 6.45) is 7.30. The monoisotopic (exact) mass is 246 g/mol. The van der Waals surface area contributed by atoms with E-state index in [2.05, 4.69) is 57.2 Å². The molecule has 0 N–H and O–H groups in total. The summed E-state index contributed by atoms with van der Waals surface area (Å²) in [5.41, 5.74) is 2.86. The Labute approximate surface area is 109 Å². The molecule has 0 radical (unpaired) electrons. The second-order valence-corrected chi connectivity index (χ2v) is 5.76. The number of rotatable bonds is 2. The minimum absolute atomic E-state index is 0.0866. The van der Waals surface area contributed by atoms with E-state index in [-0.39, 0.29) is 5.41 Å². The van der Waals surface area contributed by atoms with Gasteiger partial charge in [-0.2, -0.15) is 0 Å². The molecule has 0 aromatic heterocycles. The molecule has 0 saturated heterocycles. The van der Waals surface area contributed by atoms with Gasteiger partial charge in [-0.3, -0.25) is 0 Å². The molecule has 0 aliphatic heterocycles. The number of hydrogen-bond acceptors (Lipinski definition) is 0. The van der Waals surface area contributed by atoms with Gasteiger partial charge in [0.15, 0.2) is 0 Å². The van der Waals surface area contributed by atoms with Crippen LogP contribution in [0.4, 0.5) is 0 Å². The molecule has 0 saturated carbocycles. The summed E-state index contributed by atoms with van der Waals surface area (Å²) in [6.45, 7) is 6.73. The van der Waals surface area contributed by atoms with Crippen molar-refractivity contribution in [1.29, 1.82) is 0 Å². The second-order valence-electron chi connectivity index (χ2n) is 5.32. The van der Waals surface area contributed by atoms with Crippen LogP contribution in [0.1, 0.15) is 44.2 Å². The summed E-state index contributed by atoms with van der Waals surface area (Å²) in [5, 5.41) is 0.850. The molecule has 1 aliphatic rings. The lowest BCUT2D eigenvalue weighted by Crippen LogP contribution is -2.20. The Morgan fingerprint density at radius 2 is 2.06 bits per heavy atom. The predicted octanol–water partition coefficient (Wildman–Crippen LogP) is 5.15. The van der Waals surface area contributed by atoms with Crippen LogP contribution < -0.4 is 0 Å². The van der Waals surface area contributed by atoms with Crippen LogP contribution >= 0.6 is 11.6 Å². The molecule has 1 atom stereocenters. The summed E-state index contributed by atoms with van der Waals surface area (Å²) in [4.78, 5) is 0. The van der Waals surface area contributed by atoms with Crippen LogP contribution in [0.3, 0.4) is 0 Å². The molecular formula is C16H19Cl. The zero-order valence-corrected chi connectivity index (χ0v) is 11.5. The van der Waals surface area contributed by atoms with E-state index < -0.39 is 0 Å². The van der Waals surface area contributed by atoms with Gasteiger partial charge in [-0.1, -0.05) is 68.8 Å². The molecule has 1 aromatic carbocycles. The first-order chi connectivity index (χ1) is 8.01. The van der Waals surface area contributed by atoms with Crippen molar-refractivity contribution in [1.82, 2.24) is 0 Å². The van der Waals surface area contributed by atoms with Gasteiger partial charge in [-0.15, -0.1) is 0 Å². The third-order valence-electron chi connectivity index (χ3n) is 3.54. The molecule has 2 rings (SSSR count). The van der Waals surface area contributed by atoms with Crippen molar-refractivity contribution in [2.45, 2.75) is 38.5 Å². The van der Waals surface area contributed by atoms with Crippen molar-refractivity contribution in [2.75, 3.05) is 0 Å². The number of hydrogen-bond donors (Lipinski definition) is 0. The predicted molar refractivity (Wildman–Crippen MR) is 75.6 cm³/mol. The molecule has 0 nitrogen and oxygen atoms in total. The topological polar surface area (TPSA) is 0 Å². The van der Waals surface area contributed by atoms with E-state index in [1.54, 1.807) is 0 Å². The standard InChI is InChI=1S/C16H19Cl/c1-12(2)13-5-4-6-14(11-13)16(3)9-7-15(17)8-10-16/h4-9,11-12H,10H2,1-3H3/t16-/m0/s1. The Balaban J connectivity index is 2.35. The van der Waals surface area contributed by atoms with Gasteiger partial charge in [0, 0.05) is 10.4 Å². The molecular weight excluding hydrogens is 228 g/mol. The van der Waals surface area contributed by atoms with Gasteiger partial charge >= 0.3 is 0 Å². The van der Waals surface area contributed by atoms with E-state index in [0.717, 1.165) is 11.5 Å². The maximum atomic E-state index is 5.99. The van der Waals surface area contributed by atoms with Crippen molar-refractivity contribution in [3.63, 3.8) is 0 Å². The summed E-state index contributed by atoms with van der Waals surface area (Å²) >= 11 is 5.99. The number of halogens is 1. The molecule has 0 spiro atoms. The van der Waals surface area contributed by atoms with Crippen molar-refractivity contribution in [3.05, 3.63) is 58.7 Å². The molecule has 0 amide bonds. The zero-order chi connectivity index (χ0) is 12.5. The fraction of sp³-hybridized carbons (Fsp3) is 0.375. The van der Waals surface area contributed by atoms with E-state index in [1.165, 1.54) is 11.1 Å². The van der Waals surface area contributed by atoms with Crippen molar-refractivity contribution >= 4 is 11.6 Å². The lowest BCUT2D eigenvalue weighted by molar-refractivity contribution is 0.597. The number of allylic oxidation sites excluding steroid dienone is 4. The summed E-state index contributed by atoms with van der Waals surface area (Å²) in [6, 6.07) is 8.89. The van der Waals surface area contributed by atoms with E-state index >= 15 is 0 Å². The van der Waals surface area contributed by atoms with Gasteiger partial charge in [0.1, 0.15) is 0 Å². The minimum Gasteiger partial charge on any atom is -0.0847 e. The number of benzene rings is 1. The highest BCUT2D eigenvalue weighted by Crippen LogP contribution is 2.35. The Bertz CT molecular complexity index is 468. The van der Waals surface area contributed by atoms with Gasteiger partial charge in [0.25, 0.3) is 0 Å². The van der Waals surface area contributed by atoms with Gasteiger partial charge < -0.3 is 0 Å². The molecule has 90 valence electrons. The molecule has 1 aliphatic carbocycles. The van der Waals surface area contributed by atoms with E-state index in [9.17, 15) is 0 Å². The zero-order valence-electron chi connectivity index (χ0n) is 10.7. The van der Waals surface area contributed by atoms with Crippen molar-refractivity contribution < 1.29 is 0 Å². The molecule has 17 heavy (non-hydrogen) atoms. The average molecular weight is 247 g/mol. The van der Waals surface area contributed by atoms with Crippen molar-refractivity contribution in [2.24, 2.45) is 0 Å². The van der Waals surface area contributed by atoms with E-state index in [0.29, 0.717) is 5.92 Å². The second kappa shape index (κ2) is 4.70. The summed E-state index contributed by atoms with van der Waals surface area (Å²) in [5.74, 6) is 0.574. The van der Waals surface area contributed by atoms with Gasteiger partial charge in [0.05, 0.1) is 0 Å². The smallest absolute Gasteiger partial charge is 0.0363 e. The van der Waals surface area contributed by atoms with Gasteiger partial charge in [-0.25, -0.2) is 0 Å². The maximum absolute atomic E-state index is 5.99. The van der Waals surface area contributed by atoms with Crippen LogP contribution in [0.2, 0.25) is 0 Å². The Morgan fingerprint density at radius 3 is 2.65 bits per heavy atom. The fourth-order valence-corrected chi connectivity index (χ4v) is 2.32. The average Bonchev–Trinajstić information content (AvgIpc) is 2.33. The highest BCUT2D eigenvalue weighted by Gasteiger charge is 2.24. The summed E-state index contributed by atoms with van der Waals surface area (Å²) < 4.78 is 0. The van der Waals surface area contributed by atoms with Crippen LogP contribution in [0.5, 0.6) is 0 Å². The molecule has 1 heteroatoms. The first-order valence-corrected chi connectivity index (χ1v) is 6.54. The van der Waals surface area contributed by atoms with Gasteiger partial charge in [-0.05, 0) is 29.5 Å². The van der Waals surface area contributed by atoms with Crippen LogP contribution in [0, 0.1) is 0 Å². The first kappa shape index (κ1) is 12.4. The Morgan fingerprint density at radius 1 is 1.29 bits per heavy atom. The highest BCUT2D eigenvalue weighted by atomic mass is 35.5. The third-order valence-corrected chi connectivity index (χ3v) is 3.82. The first-order valence-electron chi connectivity index (χ1n) is 6.16. The van der Waals surface area contributed by atoms with Crippen LogP contribution in [-0.2, 0) is 5.41 Å². The maximum Gasteiger partial charge on any atom is 0.0363 e. The van der Waals surface area contributed by atoms with Gasteiger partial charge in [0.2, 0.25) is 0 Å². The third kappa shape index (κ3) is 2.63. The lowest BCUT2D eigenvalue weighted by Gasteiger charge is -2.28. The lowest BCUT2D eigenvalue weighted by atomic mass is 9.76. The van der Waals surface area contributed by atoms with Crippen molar-refractivity contribution in [3.8, 4) is 0 Å². The summed E-state index contributed by atoms with van der Waals surface area (Å²) in [7, 11) is 0. The molecule has 0 unspecified atom stereocenters. The van der Waals surface area contributed by atoms with E-state index in [1.807, 2.05) is 6.08 Å². The normalized spacial score (nSPS) is 23.9. The quantitative estimate of drug-likeness (QED) is 0.677. The van der Waals surface area contributed by atoms with Crippen LogP contribution in [0.25, 0.3) is 0 Å². The molecule has 0 heterocycles. The molecule has 1 aromatic rings. The fourth-order valence-electron chi connectivity index (χ4n) is 2.18. The highest BCUT2D eigenvalue weighted by molar-refractivity contribution is 6.31. The van der Waals surface area contributed by atoms with E-state index in [4.69, 9.17) is 11.6 Å².